The second kappa shape index (κ2) is 46.4. The highest BCUT2D eigenvalue weighted by Gasteiger charge is 2.45. The van der Waals surface area contributed by atoms with Crippen LogP contribution in [-0.2, 0) is 80.7 Å². The highest BCUT2D eigenvalue weighted by Crippen LogP contribution is 2.24. The number of rotatable bonds is 52. The number of aliphatic hydroxyl groups excluding tert-OH is 13. The van der Waals surface area contributed by atoms with Gasteiger partial charge in [0.25, 0.3) is 0 Å². The van der Waals surface area contributed by atoms with E-state index in [4.69, 9.17) is 71.4 Å². The second-order valence-corrected chi connectivity index (χ2v) is 20.0. The lowest BCUT2D eigenvalue weighted by Gasteiger charge is -2.39. The molecule has 33 nitrogen and oxygen atoms in total. The molecule has 0 radical (unpaired) electrons. The molecule has 0 aromatic rings. The third-order valence-corrected chi connectivity index (χ3v) is 12.7. The molecule has 2 aliphatic rings. The lowest BCUT2D eigenvalue weighted by molar-refractivity contribution is -0.302. The van der Waals surface area contributed by atoms with Crippen molar-refractivity contribution in [2.45, 2.75) is 119 Å². The van der Waals surface area contributed by atoms with Crippen molar-refractivity contribution in [3.05, 3.63) is 0 Å². The predicted octanol–water partition coefficient (Wildman–Crippen LogP) is -8.66. The summed E-state index contributed by atoms with van der Waals surface area (Å²) >= 11 is 0. The van der Waals surface area contributed by atoms with Gasteiger partial charge in [-0.1, -0.05) is 13.8 Å². The maximum Gasteiger partial charge on any atom is 0.222 e. The van der Waals surface area contributed by atoms with Gasteiger partial charge in [-0.25, -0.2) is 0 Å². The second-order valence-electron chi connectivity index (χ2n) is 20.0. The fraction of sp³-hybridized carbons (Fsp3) is 0.941. The SMILES string of the molecule is CC(CO)[C@@H](O)C(O)C(O)[C@H](O)OCCOCCOCCNC(=O)CCOCC(C)(COCCC(=O)NCCOCCOCCO[C@H]1OC(CO)[C@@H](O)C(O)C1O)COCCC(=O)NCCOCCOCCO[C@H]1OC(CO)[C@@H](O)C(O)C1O. The quantitative estimate of drug-likeness (QED) is 0.0199. The maximum atomic E-state index is 12.5. The van der Waals surface area contributed by atoms with Crippen molar-refractivity contribution in [3.63, 3.8) is 0 Å². The molecule has 0 aliphatic carbocycles. The van der Waals surface area contributed by atoms with Crippen LogP contribution < -0.4 is 16.0 Å². The van der Waals surface area contributed by atoms with E-state index in [1.165, 1.54) is 6.92 Å². The lowest BCUT2D eigenvalue weighted by Crippen LogP contribution is -2.59. The summed E-state index contributed by atoms with van der Waals surface area (Å²) in [5, 5.41) is 135. The average Bonchev–Trinajstić information content (AvgIpc) is 3.57. The third-order valence-electron chi connectivity index (χ3n) is 12.7. The number of hydrogen-bond donors (Lipinski definition) is 16. The van der Waals surface area contributed by atoms with E-state index >= 15 is 0 Å². The van der Waals surface area contributed by atoms with E-state index in [0.29, 0.717) is 0 Å². The minimum absolute atomic E-state index is 0.0133. The van der Waals surface area contributed by atoms with Gasteiger partial charge in [-0.3, -0.25) is 14.4 Å². The van der Waals surface area contributed by atoms with Crippen LogP contribution in [0, 0.1) is 11.3 Å². The molecule has 15 atom stereocenters. The zero-order valence-electron chi connectivity index (χ0n) is 48.1. The standard InChI is InChI=1S/C51H97N3O30/c1-33(27-55)39(61)42(64)45(67)48(70)80-24-21-74-18-15-71-12-6-52-36(58)3-9-77-30-51(2,31-78-10-4-37(59)53-7-13-72-16-19-75-22-25-81-49-46(68)43(65)40(62)34(28-56)83-49)32-79-11-5-38(60)54-8-14-73-17-20-76-23-26-82-50-47(69)44(66)41(63)35(29-57)84-50/h33-35,39-50,55-57,61-70H,3-32H2,1-2H3,(H,52,58)(H,53,59)(H,54,60)/t33?,34?,35?,39-,40-,41-,42?,43?,44?,45?,46?,47?,48-,49+,50+,51?/m1/s1. The molecule has 0 aromatic carbocycles. The van der Waals surface area contributed by atoms with Crippen LogP contribution in [0.2, 0.25) is 0 Å². The first-order chi connectivity index (χ1) is 40.3. The Hall–Kier alpha value is -2.67. The molecule has 2 saturated heterocycles. The zero-order valence-corrected chi connectivity index (χ0v) is 48.1. The van der Waals surface area contributed by atoms with Crippen molar-refractivity contribution in [1.29, 1.82) is 0 Å². The van der Waals surface area contributed by atoms with Gasteiger partial charge >= 0.3 is 0 Å². The van der Waals surface area contributed by atoms with E-state index in [0.717, 1.165) is 0 Å². The molecule has 16 N–H and O–H groups in total. The first-order valence-electron chi connectivity index (χ1n) is 28.1. The Morgan fingerprint density at radius 1 is 0.429 bits per heavy atom. The molecule has 0 saturated carbocycles. The summed E-state index contributed by atoms with van der Waals surface area (Å²) < 4.78 is 76.4. The monoisotopic (exact) mass is 1230 g/mol. The van der Waals surface area contributed by atoms with Gasteiger partial charge in [-0.05, 0) is 0 Å². The number of amides is 3. The van der Waals surface area contributed by atoms with Gasteiger partial charge in [0.2, 0.25) is 17.7 Å². The molecule has 33 heteroatoms. The van der Waals surface area contributed by atoms with Crippen molar-refractivity contribution in [2.24, 2.45) is 11.3 Å². The van der Waals surface area contributed by atoms with Gasteiger partial charge in [0.05, 0.1) is 158 Å². The first-order valence-corrected chi connectivity index (χ1v) is 28.1. The van der Waals surface area contributed by atoms with Gasteiger partial charge in [0, 0.05) is 56.8 Å². The number of carbonyl (C=O) groups excluding carboxylic acids is 3. The molecule has 2 aliphatic heterocycles. The molecule has 3 amide bonds. The molecule has 0 bridgehead atoms. The largest absolute Gasteiger partial charge is 0.396 e. The number of ether oxygens (including phenoxy) is 14. The molecule has 2 heterocycles. The van der Waals surface area contributed by atoms with E-state index in [-0.39, 0.29) is 195 Å². The Morgan fingerprint density at radius 3 is 1.11 bits per heavy atom. The van der Waals surface area contributed by atoms with Crippen LogP contribution in [0.25, 0.3) is 0 Å². The van der Waals surface area contributed by atoms with Crippen LogP contribution in [0.3, 0.4) is 0 Å². The molecule has 9 unspecified atom stereocenters. The van der Waals surface area contributed by atoms with Crippen LogP contribution in [0.15, 0.2) is 0 Å². The minimum Gasteiger partial charge on any atom is -0.396 e. The first kappa shape index (κ1) is 77.4. The van der Waals surface area contributed by atoms with Gasteiger partial charge in [-0.2, -0.15) is 0 Å². The summed E-state index contributed by atoms with van der Waals surface area (Å²) in [6.07, 6.45) is -20.6. The van der Waals surface area contributed by atoms with Crippen molar-refractivity contribution in [2.75, 3.05) is 178 Å². The van der Waals surface area contributed by atoms with E-state index in [2.05, 4.69) is 16.0 Å². The summed E-state index contributed by atoms with van der Waals surface area (Å²) in [6, 6.07) is 0. The molecule has 2 rings (SSSR count). The summed E-state index contributed by atoms with van der Waals surface area (Å²) in [7, 11) is 0. The van der Waals surface area contributed by atoms with Gasteiger partial charge in [0.15, 0.2) is 18.9 Å². The van der Waals surface area contributed by atoms with Crippen molar-refractivity contribution in [3.8, 4) is 0 Å². The highest BCUT2D eigenvalue weighted by atomic mass is 16.7. The molecule has 0 spiro atoms. The Kier molecular flexibility index (Phi) is 42.8. The maximum absolute atomic E-state index is 12.5. The summed E-state index contributed by atoms with van der Waals surface area (Å²) in [5.41, 5.74) is -0.762. The molecule has 496 valence electrons. The Labute approximate surface area is 488 Å². The molecule has 84 heavy (non-hydrogen) atoms. The van der Waals surface area contributed by atoms with Crippen LogP contribution in [0.4, 0.5) is 0 Å². The fourth-order valence-electron chi connectivity index (χ4n) is 7.59. The Morgan fingerprint density at radius 2 is 0.762 bits per heavy atom. The number of carbonyl (C=O) groups is 3. The van der Waals surface area contributed by atoms with Gasteiger partial charge < -0.3 is 149 Å². The number of hydrogen-bond acceptors (Lipinski definition) is 30. The summed E-state index contributed by atoms with van der Waals surface area (Å²) in [5.74, 6) is -1.61. The third kappa shape index (κ3) is 32.5. The van der Waals surface area contributed by atoms with Gasteiger partial charge in [0.1, 0.15) is 61.0 Å². The molecule has 0 aromatic heterocycles. The van der Waals surface area contributed by atoms with Gasteiger partial charge in [-0.15, -0.1) is 0 Å². The lowest BCUT2D eigenvalue weighted by atomic mass is 9.94. The van der Waals surface area contributed by atoms with E-state index in [1.54, 1.807) is 0 Å². The average molecular weight is 1230 g/mol. The molecular formula is C51H97N3O30. The van der Waals surface area contributed by atoms with Crippen LogP contribution in [0.5, 0.6) is 0 Å². The number of nitrogens with one attached hydrogen (secondary N) is 3. The molecular weight excluding hydrogens is 1130 g/mol. The fourth-order valence-corrected chi connectivity index (χ4v) is 7.59. The molecule has 2 fully saturated rings. The normalized spacial score (nSPS) is 25.3. The van der Waals surface area contributed by atoms with Crippen LogP contribution >= 0.6 is 0 Å². The predicted molar refractivity (Wildman–Crippen MR) is 284 cm³/mol. The number of aliphatic hydroxyl groups is 13. The Balaban J connectivity index is 1.64. The van der Waals surface area contributed by atoms with Crippen molar-refractivity contribution in [1.82, 2.24) is 16.0 Å². The van der Waals surface area contributed by atoms with Crippen LogP contribution in [0.1, 0.15) is 33.1 Å². The Bertz CT molecular complexity index is 1590. The van der Waals surface area contributed by atoms with Crippen molar-refractivity contribution < 1.29 is 147 Å². The van der Waals surface area contributed by atoms with Crippen LogP contribution in [-0.4, -0.2) is 348 Å². The zero-order chi connectivity index (χ0) is 62.1. The summed E-state index contributed by atoms with van der Waals surface area (Å²) in [4.78, 5) is 37.5. The summed E-state index contributed by atoms with van der Waals surface area (Å²) in [6.45, 7) is 4.55. The highest BCUT2D eigenvalue weighted by molar-refractivity contribution is 5.76. The van der Waals surface area contributed by atoms with E-state index in [9.17, 15) is 75.7 Å². The smallest absolute Gasteiger partial charge is 0.222 e. The topological polar surface area (TPSA) is 480 Å². The van der Waals surface area contributed by atoms with E-state index < -0.39 is 117 Å². The van der Waals surface area contributed by atoms with Crippen molar-refractivity contribution >= 4 is 17.7 Å². The minimum atomic E-state index is -1.82. The van der Waals surface area contributed by atoms with E-state index in [1.807, 2.05) is 6.92 Å².